The Morgan fingerprint density at radius 2 is 2.14 bits per heavy atom. The molecule has 0 radical (unpaired) electrons. The van der Waals surface area contributed by atoms with E-state index in [1.807, 2.05) is 0 Å². The first-order valence-electron chi connectivity index (χ1n) is 6.80. The molecule has 9 heteroatoms. The van der Waals surface area contributed by atoms with Crippen LogP contribution in [0.3, 0.4) is 0 Å². The normalized spacial score (nSPS) is 25.1. The molecule has 0 atom stereocenters. The van der Waals surface area contributed by atoms with E-state index in [4.69, 9.17) is 9.84 Å². The Morgan fingerprint density at radius 1 is 1.43 bits per heavy atom. The van der Waals surface area contributed by atoms with Crippen molar-refractivity contribution >= 4 is 12.0 Å². The number of likely N-dealkylation sites (tertiary alicyclic amines) is 1. The van der Waals surface area contributed by atoms with Crippen LogP contribution in [0, 0.1) is 0 Å². The lowest BCUT2D eigenvalue weighted by Gasteiger charge is -2.41. The second kappa shape index (κ2) is 5.32. The third-order valence-corrected chi connectivity index (χ3v) is 4.01. The number of amides is 2. The summed E-state index contributed by atoms with van der Waals surface area (Å²) in [5.74, 6) is -1.10. The van der Waals surface area contributed by atoms with Crippen molar-refractivity contribution in [2.75, 3.05) is 20.2 Å². The van der Waals surface area contributed by atoms with Gasteiger partial charge in [0.25, 0.3) is 0 Å². The van der Waals surface area contributed by atoms with Crippen molar-refractivity contribution in [3.63, 3.8) is 0 Å². The van der Waals surface area contributed by atoms with E-state index >= 15 is 0 Å². The summed E-state index contributed by atoms with van der Waals surface area (Å²) < 4.78 is 6.66. The van der Waals surface area contributed by atoms with E-state index in [0.29, 0.717) is 13.1 Å². The average Bonchev–Trinajstić information content (AvgIpc) is 2.80. The second-order valence-corrected chi connectivity index (χ2v) is 5.42. The highest BCUT2D eigenvalue weighted by Gasteiger charge is 2.36. The van der Waals surface area contributed by atoms with Crippen LogP contribution in [0.5, 0.6) is 0 Å². The van der Waals surface area contributed by atoms with E-state index in [0.717, 1.165) is 12.8 Å². The van der Waals surface area contributed by atoms with Crippen molar-refractivity contribution in [1.82, 2.24) is 25.2 Å². The maximum absolute atomic E-state index is 11.9. The molecule has 0 unspecified atom stereocenters. The van der Waals surface area contributed by atoms with Crippen molar-refractivity contribution in [3.8, 4) is 0 Å². The minimum Gasteiger partial charge on any atom is -0.476 e. The predicted octanol–water partition coefficient (Wildman–Crippen LogP) is -0.280. The number of carbonyl (C=O) groups excluding carboxylic acids is 1. The Morgan fingerprint density at radius 3 is 2.71 bits per heavy atom. The van der Waals surface area contributed by atoms with Gasteiger partial charge in [0.2, 0.25) is 0 Å². The molecule has 9 nitrogen and oxygen atoms in total. The Hall–Kier alpha value is -2.16. The molecular weight excluding hydrogens is 278 g/mol. The standard InChI is InChI=1S/C12H17N5O4/c1-21-9-2-7(3-9)13-12(20)16-4-8(5-16)17-6-10(11(18)19)14-15-17/h6-9H,2-5H2,1H3,(H,13,20)(H,18,19). The Bertz CT molecular complexity index is 548. The maximum Gasteiger partial charge on any atom is 0.358 e. The van der Waals surface area contributed by atoms with Gasteiger partial charge >= 0.3 is 12.0 Å². The molecule has 1 saturated carbocycles. The maximum atomic E-state index is 11.9. The molecule has 1 aliphatic carbocycles. The fourth-order valence-corrected chi connectivity index (χ4v) is 2.48. The summed E-state index contributed by atoms with van der Waals surface area (Å²) >= 11 is 0. The number of carboxylic acids is 1. The van der Waals surface area contributed by atoms with Crippen LogP contribution in [0.15, 0.2) is 6.20 Å². The summed E-state index contributed by atoms with van der Waals surface area (Å²) in [6, 6.07) is 0.0836. The molecule has 2 amide bonds. The van der Waals surface area contributed by atoms with Gasteiger partial charge in [0, 0.05) is 26.2 Å². The number of carbonyl (C=O) groups is 2. The van der Waals surface area contributed by atoms with E-state index < -0.39 is 5.97 Å². The Balaban J connectivity index is 1.44. The van der Waals surface area contributed by atoms with Crippen LogP contribution >= 0.6 is 0 Å². The van der Waals surface area contributed by atoms with Gasteiger partial charge in [-0.15, -0.1) is 5.10 Å². The molecule has 0 bridgehead atoms. The second-order valence-electron chi connectivity index (χ2n) is 5.42. The lowest BCUT2D eigenvalue weighted by Crippen LogP contribution is -2.58. The molecule has 114 valence electrons. The number of nitrogens with zero attached hydrogens (tertiary/aromatic N) is 4. The first kappa shape index (κ1) is 13.8. The molecular formula is C12H17N5O4. The van der Waals surface area contributed by atoms with Crippen molar-refractivity contribution in [1.29, 1.82) is 0 Å². The Kier molecular flexibility index (Phi) is 3.50. The van der Waals surface area contributed by atoms with Crippen LogP contribution in [0.1, 0.15) is 29.4 Å². The lowest BCUT2D eigenvalue weighted by molar-refractivity contribution is 0.0170. The molecule has 1 aromatic rings. The minimum absolute atomic E-state index is 0.00976. The van der Waals surface area contributed by atoms with Gasteiger partial charge in [-0.3, -0.25) is 0 Å². The predicted molar refractivity (Wildman–Crippen MR) is 69.9 cm³/mol. The first-order valence-corrected chi connectivity index (χ1v) is 6.80. The van der Waals surface area contributed by atoms with Crippen LogP contribution in [0.25, 0.3) is 0 Å². The number of aromatic carboxylic acids is 1. The van der Waals surface area contributed by atoms with Gasteiger partial charge in [-0.25, -0.2) is 14.3 Å². The molecule has 1 aromatic heterocycles. The number of hydrogen-bond acceptors (Lipinski definition) is 5. The van der Waals surface area contributed by atoms with E-state index in [2.05, 4.69) is 15.6 Å². The molecule has 0 aromatic carbocycles. The zero-order valence-corrected chi connectivity index (χ0v) is 11.6. The van der Waals surface area contributed by atoms with E-state index in [1.165, 1.54) is 10.9 Å². The van der Waals surface area contributed by atoms with E-state index in [-0.39, 0.29) is 29.9 Å². The average molecular weight is 295 g/mol. The summed E-state index contributed by atoms with van der Waals surface area (Å²) in [6.07, 6.45) is 3.34. The topological polar surface area (TPSA) is 110 Å². The number of carboxylic acid groups (broad SMARTS) is 1. The molecule has 2 fully saturated rings. The summed E-state index contributed by atoms with van der Waals surface area (Å²) in [7, 11) is 1.67. The van der Waals surface area contributed by atoms with Crippen molar-refractivity contribution in [2.45, 2.75) is 31.0 Å². The van der Waals surface area contributed by atoms with Crippen LogP contribution in [0.2, 0.25) is 0 Å². The van der Waals surface area contributed by atoms with Gasteiger partial charge in [0.05, 0.1) is 18.3 Å². The van der Waals surface area contributed by atoms with Crippen molar-refractivity contribution in [3.05, 3.63) is 11.9 Å². The number of methoxy groups -OCH3 is 1. The molecule has 3 rings (SSSR count). The Labute approximate surface area is 120 Å². The number of ether oxygens (including phenoxy) is 1. The third kappa shape index (κ3) is 2.68. The molecule has 21 heavy (non-hydrogen) atoms. The zero-order valence-electron chi connectivity index (χ0n) is 11.6. The quantitative estimate of drug-likeness (QED) is 0.790. The van der Waals surface area contributed by atoms with Gasteiger partial charge in [0.1, 0.15) is 0 Å². The van der Waals surface area contributed by atoms with Crippen molar-refractivity contribution < 1.29 is 19.4 Å². The smallest absolute Gasteiger partial charge is 0.358 e. The van der Waals surface area contributed by atoms with Gasteiger partial charge in [-0.1, -0.05) is 5.21 Å². The largest absolute Gasteiger partial charge is 0.476 e. The highest BCUT2D eigenvalue weighted by Crippen LogP contribution is 2.24. The SMILES string of the molecule is COC1CC(NC(=O)N2CC(n3cc(C(=O)O)nn3)C2)C1. The van der Waals surface area contributed by atoms with Crippen LogP contribution in [-0.4, -0.2) is 69.3 Å². The van der Waals surface area contributed by atoms with Gasteiger partial charge in [-0.2, -0.15) is 0 Å². The molecule has 1 aliphatic heterocycles. The number of nitrogens with one attached hydrogen (secondary N) is 1. The van der Waals surface area contributed by atoms with Crippen LogP contribution < -0.4 is 5.32 Å². The summed E-state index contributed by atoms with van der Waals surface area (Å²) in [5.41, 5.74) is -0.0852. The fraction of sp³-hybridized carbons (Fsp3) is 0.667. The van der Waals surface area contributed by atoms with Crippen LogP contribution in [-0.2, 0) is 4.74 Å². The molecule has 0 spiro atoms. The number of hydrogen-bond donors (Lipinski definition) is 2. The number of urea groups is 1. The van der Waals surface area contributed by atoms with Gasteiger partial charge in [0.15, 0.2) is 5.69 Å². The van der Waals surface area contributed by atoms with Gasteiger partial charge < -0.3 is 20.1 Å². The lowest BCUT2D eigenvalue weighted by atomic mass is 9.89. The fourth-order valence-electron chi connectivity index (χ4n) is 2.48. The zero-order chi connectivity index (χ0) is 15.0. The highest BCUT2D eigenvalue weighted by molar-refractivity contribution is 5.84. The summed E-state index contributed by atoms with van der Waals surface area (Å²) in [6.45, 7) is 1.02. The third-order valence-electron chi connectivity index (χ3n) is 4.01. The highest BCUT2D eigenvalue weighted by atomic mass is 16.5. The number of rotatable bonds is 4. The molecule has 1 saturated heterocycles. The summed E-state index contributed by atoms with van der Waals surface area (Å²) in [5, 5.41) is 19.1. The van der Waals surface area contributed by atoms with E-state index in [1.54, 1.807) is 12.0 Å². The molecule has 2 N–H and O–H groups in total. The first-order chi connectivity index (χ1) is 10.1. The summed E-state index contributed by atoms with van der Waals surface area (Å²) in [4.78, 5) is 24.3. The monoisotopic (exact) mass is 295 g/mol. The molecule has 2 heterocycles. The van der Waals surface area contributed by atoms with Gasteiger partial charge in [-0.05, 0) is 12.8 Å². The van der Waals surface area contributed by atoms with Crippen LogP contribution in [0.4, 0.5) is 4.79 Å². The molecule has 2 aliphatic rings. The number of aromatic nitrogens is 3. The van der Waals surface area contributed by atoms with Crippen molar-refractivity contribution in [2.24, 2.45) is 0 Å². The van der Waals surface area contributed by atoms with E-state index in [9.17, 15) is 9.59 Å². The minimum atomic E-state index is -1.10.